The van der Waals surface area contributed by atoms with Crippen molar-refractivity contribution in [3.05, 3.63) is 46.0 Å². The lowest BCUT2D eigenvalue weighted by molar-refractivity contribution is -0.384. The van der Waals surface area contributed by atoms with Gasteiger partial charge in [0.05, 0.1) is 4.92 Å². The number of nitrogens with zero attached hydrogens (tertiary/aromatic N) is 2. The van der Waals surface area contributed by atoms with Crippen LogP contribution in [0, 0.1) is 10.1 Å². The summed E-state index contributed by atoms with van der Waals surface area (Å²) in [6, 6.07) is 6.15. The van der Waals surface area contributed by atoms with E-state index < -0.39 is 10.9 Å². The quantitative estimate of drug-likeness (QED) is 0.322. The number of hydrogen-bond donors (Lipinski definition) is 0. The number of esters is 1. The first-order chi connectivity index (χ1) is 12.5. The minimum absolute atomic E-state index is 0.0539. The Morgan fingerprint density at radius 1 is 1.31 bits per heavy atom. The van der Waals surface area contributed by atoms with Gasteiger partial charge in [-0.15, -0.1) is 0 Å². The number of likely N-dealkylation sites (N-methyl/N-ethyl adjacent to an activating group) is 1. The van der Waals surface area contributed by atoms with Crippen LogP contribution in [0.1, 0.15) is 44.6 Å². The van der Waals surface area contributed by atoms with Gasteiger partial charge < -0.3 is 9.64 Å². The molecule has 1 aromatic carbocycles. The lowest BCUT2D eigenvalue weighted by Gasteiger charge is -2.33. The van der Waals surface area contributed by atoms with Crippen LogP contribution in [0.4, 0.5) is 5.69 Å². The van der Waals surface area contributed by atoms with Crippen molar-refractivity contribution >= 4 is 23.6 Å². The molecule has 0 bridgehead atoms. The molecule has 7 nitrogen and oxygen atoms in total. The Morgan fingerprint density at radius 2 is 2.04 bits per heavy atom. The highest BCUT2D eigenvalue weighted by Crippen LogP contribution is 2.22. The molecule has 1 aromatic rings. The van der Waals surface area contributed by atoms with Gasteiger partial charge in [0.15, 0.2) is 6.61 Å². The van der Waals surface area contributed by atoms with Crippen molar-refractivity contribution in [2.24, 2.45) is 0 Å². The molecule has 0 saturated heterocycles. The maximum absolute atomic E-state index is 12.3. The van der Waals surface area contributed by atoms with Crippen molar-refractivity contribution in [1.82, 2.24) is 4.90 Å². The Kier molecular flexibility index (Phi) is 7.32. The van der Waals surface area contributed by atoms with Crippen LogP contribution < -0.4 is 0 Å². The van der Waals surface area contributed by atoms with E-state index in [1.165, 1.54) is 36.8 Å². The minimum Gasteiger partial charge on any atom is -0.452 e. The predicted octanol–water partition coefficient (Wildman–Crippen LogP) is 3.33. The van der Waals surface area contributed by atoms with Crippen LogP contribution in [0.3, 0.4) is 0 Å². The van der Waals surface area contributed by atoms with Crippen molar-refractivity contribution < 1.29 is 19.2 Å². The number of hydrogen-bond acceptors (Lipinski definition) is 5. The van der Waals surface area contributed by atoms with Crippen LogP contribution in [-0.4, -0.2) is 40.9 Å². The van der Waals surface area contributed by atoms with Crippen molar-refractivity contribution in [3.8, 4) is 0 Å². The normalized spacial score (nSPS) is 15.0. The Balaban J connectivity index is 1.86. The third-order valence-electron chi connectivity index (χ3n) is 4.51. The average Bonchev–Trinajstić information content (AvgIpc) is 2.66. The molecule has 7 heteroatoms. The minimum atomic E-state index is -0.649. The highest BCUT2D eigenvalue weighted by atomic mass is 16.6. The summed E-state index contributed by atoms with van der Waals surface area (Å²) in [7, 11) is 0. The van der Waals surface area contributed by atoms with Gasteiger partial charge >= 0.3 is 5.97 Å². The molecule has 2 rings (SSSR count). The zero-order valence-electron chi connectivity index (χ0n) is 14.9. The van der Waals surface area contributed by atoms with E-state index in [2.05, 4.69) is 0 Å². The van der Waals surface area contributed by atoms with Gasteiger partial charge in [-0.05, 0) is 31.4 Å². The summed E-state index contributed by atoms with van der Waals surface area (Å²) >= 11 is 0. The summed E-state index contributed by atoms with van der Waals surface area (Å²) in [5, 5.41) is 10.7. The first kappa shape index (κ1) is 19.6. The SMILES string of the molecule is CCN(C(=O)COC(=O)/C=C/c1cccc([N+](=O)[O-])c1)C1CCCCC1. The molecule has 1 aliphatic carbocycles. The third kappa shape index (κ3) is 5.68. The highest BCUT2D eigenvalue weighted by molar-refractivity contribution is 5.89. The molecular formula is C19H24N2O5. The Bertz CT molecular complexity index is 680. The fraction of sp³-hybridized carbons (Fsp3) is 0.474. The first-order valence-electron chi connectivity index (χ1n) is 8.90. The second-order valence-corrected chi connectivity index (χ2v) is 6.26. The molecule has 1 fully saturated rings. The smallest absolute Gasteiger partial charge is 0.331 e. The van der Waals surface area contributed by atoms with Crippen LogP contribution in [0.15, 0.2) is 30.3 Å². The number of rotatable bonds is 7. The first-order valence-corrected chi connectivity index (χ1v) is 8.90. The van der Waals surface area contributed by atoms with Crippen LogP contribution >= 0.6 is 0 Å². The maximum atomic E-state index is 12.3. The fourth-order valence-electron chi connectivity index (χ4n) is 3.20. The van der Waals surface area contributed by atoms with E-state index in [-0.39, 0.29) is 24.2 Å². The molecule has 0 heterocycles. The molecule has 140 valence electrons. The Morgan fingerprint density at radius 3 is 2.69 bits per heavy atom. The Hall–Kier alpha value is -2.70. The molecule has 0 aliphatic heterocycles. The van der Waals surface area contributed by atoms with E-state index in [0.717, 1.165) is 25.7 Å². The van der Waals surface area contributed by atoms with Gasteiger partial charge in [0.2, 0.25) is 0 Å². The summed E-state index contributed by atoms with van der Waals surface area (Å²) in [5.41, 5.74) is 0.460. The molecule has 0 spiro atoms. The second kappa shape index (κ2) is 9.70. The van der Waals surface area contributed by atoms with Gasteiger partial charge in [-0.25, -0.2) is 4.79 Å². The molecule has 26 heavy (non-hydrogen) atoms. The number of nitro benzene ring substituents is 1. The molecular weight excluding hydrogens is 336 g/mol. The number of amides is 1. The Labute approximate surface area is 152 Å². The summed E-state index contributed by atoms with van der Waals surface area (Å²) in [6.45, 7) is 2.24. The topological polar surface area (TPSA) is 89.8 Å². The molecule has 0 atom stereocenters. The summed E-state index contributed by atoms with van der Waals surface area (Å²) < 4.78 is 5.03. The van der Waals surface area contributed by atoms with Gasteiger partial charge in [-0.3, -0.25) is 14.9 Å². The van der Waals surface area contributed by atoms with Crippen LogP contribution in [-0.2, 0) is 14.3 Å². The molecule has 1 aliphatic rings. The van der Waals surface area contributed by atoms with Crippen molar-refractivity contribution in [2.75, 3.05) is 13.2 Å². The number of benzene rings is 1. The monoisotopic (exact) mass is 360 g/mol. The average molecular weight is 360 g/mol. The fourth-order valence-corrected chi connectivity index (χ4v) is 3.20. The zero-order chi connectivity index (χ0) is 18.9. The number of non-ortho nitro benzene ring substituents is 1. The number of nitro groups is 1. The summed E-state index contributed by atoms with van der Waals surface area (Å²) in [5.74, 6) is -0.832. The van der Waals surface area contributed by atoms with Gasteiger partial charge in [-0.1, -0.05) is 31.4 Å². The van der Waals surface area contributed by atoms with E-state index in [1.807, 2.05) is 6.92 Å². The standard InChI is InChI=1S/C19H24N2O5/c1-2-20(16-8-4-3-5-9-16)18(22)14-26-19(23)12-11-15-7-6-10-17(13-15)21(24)25/h6-7,10-13,16H,2-5,8-9,14H2,1H3/b12-11+. The number of carbonyl (C=O) groups excluding carboxylic acids is 2. The van der Waals surface area contributed by atoms with Crippen molar-refractivity contribution in [2.45, 2.75) is 45.1 Å². The largest absolute Gasteiger partial charge is 0.452 e. The second-order valence-electron chi connectivity index (χ2n) is 6.26. The van der Waals surface area contributed by atoms with E-state index in [9.17, 15) is 19.7 Å². The molecule has 1 amide bonds. The number of ether oxygens (including phenoxy) is 1. The van der Waals surface area contributed by atoms with Crippen molar-refractivity contribution in [3.63, 3.8) is 0 Å². The lowest BCUT2D eigenvalue weighted by atomic mass is 9.94. The van der Waals surface area contributed by atoms with Gasteiger partial charge in [0.1, 0.15) is 0 Å². The summed E-state index contributed by atoms with van der Waals surface area (Å²) in [4.78, 5) is 36.2. The molecule has 0 aromatic heterocycles. The van der Waals surface area contributed by atoms with Gasteiger partial charge in [0, 0.05) is 30.8 Å². The molecule has 0 unspecified atom stereocenters. The molecule has 0 radical (unpaired) electrons. The number of carbonyl (C=O) groups is 2. The van der Waals surface area contributed by atoms with Crippen LogP contribution in [0.5, 0.6) is 0 Å². The molecule has 1 saturated carbocycles. The van der Waals surface area contributed by atoms with E-state index in [0.29, 0.717) is 12.1 Å². The zero-order valence-corrected chi connectivity index (χ0v) is 14.9. The van der Waals surface area contributed by atoms with Crippen molar-refractivity contribution in [1.29, 1.82) is 0 Å². The van der Waals surface area contributed by atoms with Crippen LogP contribution in [0.25, 0.3) is 6.08 Å². The lowest BCUT2D eigenvalue weighted by Crippen LogP contribution is -2.43. The molecule has 0 N–H and O–H groups in total. The highest BCUT2D eigenvalue weighted by Gasteiger charge is 2.24. The van der Waals surface area contributed by atoms with E-state index in [1.54, 1.807) is 11.0 Å². The third-order valence-corrected chi connectivity index (χ3v) is 4.51. The summed E-state index contributed by atoms with van der Waals surface area (Å²) in [6.07, 6.45) is 8.06. The van der Waals surface area contributed by atoms with Crippen LogP contribution in [0.2, 0.25) is 0 Å². The van der Waals surface area contributed by atoms with Gasteiger partial charge in [0.25, 0.3) is 11.6 Å². The van der Waals surface area contributed by atoms with E-state index in [4.69, 9.17) is 4.74 Å². The van der Waals surface area contributed by atoms with E-state index >= 15 is 0 Å². The maximum Gasteiger partial charge on any atom is 0.331 e. The predicted molar refractivity (Wildman–Crippen MR) is 97.3 cm³/mol. The van der Waals surface area contributed by atoms with Gasteiger partial charge in [-0.2, -0.15) is 0 Å².